The van der Waals surface area contributed by atoms with Gasteiger partial charge in [-0.15, -0.1) is 0 Å². The van der Waals surface area contributed by atoms with E-state index in [0.29, 0.717) is 18.6 Å². The predicted octanol–water partition coefficient (Wildman–Crippen LogP) is 2.81. The summed E-state index contributed by atoms with van der Waals surface area (Å²) < 4.78 is 28.6. The number of hydrogen-bond donors (Lipinski definition) is 1. The van der Waals surface area contributed by atoms with Crippen molar-refractivity contribution < 1.29 is 17.9 Å². The minimum atomic E-state index is -2.93. The Morgan fingerprint density at radius 2 is 1.58 bits per heavy atom. The number of amides is 1. The number of carbonyl (C=O) groups excluding carboxylic acids is 1. The molecule has 1 N–H and O–H groups in total. The highest BCUT2D eigenvalue weighted by Crippen LogP contribution is 2.22. The van der Waals surface area contributed by atoms with Crippen molar-refractivity contribution in [2.75, 3.05) is 11.5 Å². The third-order valence-corrected chi connectivity index (χ3v) is 6.26. The lowest BCUT2D eigenvalue weighted by molar-refractivity contribution is -0.128. The van der Waals surface area contributed by atoms with Gasteiger partial charge in [-0.2, -0.15) is 0 Å². The Morgan fingerprint density at radius 3 is 2.19 bits per heavy atom. The molecule has 0 radical (unpaired) electrons. The molecular formula is C20H23NO4S. The Kier molecular flexibility index (Phi) is 5.61. The molecule has 2 aromatic rings. The van der Waals surface area contributed by atoms with Crippen LogP contribution in [-0.2, 0) is 14.6 Å². The van der Waals surface area contributed by atoms with Gasteiger partial charge in [-0.25, -0.2) is 8.42 Å². The monoisotopic (exact) mass is 373 g/mol. The molecule has 0 saturated carbocycles. The lowest BCUT2D eigenvalue weighted by Gasteiger charge is -2.24. The number of carbonyl (C=O) groups is 1. The quantitative estimate of drug-likeness (QED) is 0.875. The van der Waals surface area contributed by atoms with Crippen LogP contribution in [0.15, 0.2) is 54.6 Å². The van der Waals surface area contributed by atoms with E-state index in [0.717, 1.165) is 11.1 Å². The van der Waals surface area contributed by atoms with Crippen LogP contribution < -0.4 is 10.1 Å². The molecule has 26 heavy (non-hydrogen) atoms. The summed E-state index contributed by atoms with van der Waals surface area (Å²) in [7, 11) is -2.93. The number of ether oxygens (including phenoxy) is 1. The summed E-state index contributed by atoms with van der Waals surface area (Å²) in [5.74, 6) is 0.669. The predicted molar refractivity (Wildman–Crippen MR) is 102 cm³/mol. The topological polar surface area (TPSA) is 72.5 Å². The van der Waals surface area contributed by atoms with Crippen LogP contribution >= 0.6 is 0 Å². The Balaban J connectivity index is 1.54. The van der Waals surface area contributed by atoms with Crippen LogP contribution in [0, 0.1) is 0 Å². The van der Waals surface area contributed by atoms with E-state index in [-0.39, 0.29) is 23.5 Å². The summed E-state index contributed by atoms with van der Waals surface area (Å²) in [4.78, 5) is 12.3. The molecule has 3 rings (SSSR count). The Bertz CT molecular complexity index is 833. The van der Waals surface area contributed by atoms with Gasteiger partial charge in [0.05, 0.1) is 11.5 Å². The van der Waals surface area contributed by atoms with Crippen LogP contribution in [0.1, 0.15) is 19.8 Å². The fraction of sp³-hybridized carbons (Fsp3) is 0.350. The average molecular weight is 373 g/mol. The second-order valence-corrected chi connectivity index (χ2v) is 8.89. The molecule has 1 aliphatic rings. The Morgan fingerprint density at radius 1 is 1.00 bits per heavy atom. The van der Waals surface area contributed by atoms with Crippen molar-refractivity contribution in [2.45, 2.75) is 31.9 Å². The van der Waals surface area contributed by atoms with Crippen molar-refractivity contribution in [2.24, 2.45) is 0 Å². The van der Waals surface area contributed by atoms with E-state index in [2.05, 4.69) is 5.32 Å². The normalized spacial score (nSPS) is 18.0. The molecule has 1 fully saturated rings. The van der Waals surface area contributed by atoms with Crippen molar-refractivity contribution >= 4 is 15.7 Å². The molecule has 0 aliphatic carbocycles. The van der Waals surface area contributed by atoms with Gasteiger partial charge in [-0.05, 0) is 43.0 Å². The SMILES string of the molecule is C[C@@H](Oc1ccc(-c2ccccc2)cc1)C(=O)NC1CCS(=O)(=O)CC1. The summed E-state index contributed by atoms with van der Waals surface area (Å²) in [5, 5.41) is 2.89. The zero-order valence-electron chi connectivity index (χ0n) is 14.7. The third kappa shape index (κ3) is 4.85. The standard InChI is InChI=1S/C20H23NO4S/c1-15(20(22)21-18-11-13-26(23,24)14-12-18)25-19-9-7-17(8-10-19)16-5-3-2-4-6-16/h2-10,15,18H,11-14H2,1H3,(H,21,22)/t15-/m1/s1. The van der Waals surface area contributed by atoms with Gasteiger partial charge >= 0.3 is 0 Å². The first-order valence-electron chi connectivity index (χ1n) is 8.76. The van der Waals surface area contributed by atoms with Gasteiger partial charge in [0.25, 0.3) is 5.91 Å². The van der Waals surface area contributed by atoms with Gasteiger partial charge in [-0.3, -0.25) is 4.79 Å². The molecule has 0 spiro atoms. The fourth-order valence-electron chi connectivity index (χ4n) is 2.97. The first kappa shape index (κ1) is 18.5. The Hall–Kier alpha value is -2.34. The summed E-state index contributed by atoms with van der Waals surface area (Å²) >= 11 is 0. The van der Waals surface area contributed by atoms with Crippen molar-refractivity contribution in [3.8, 4) is 16.9 Å². The van der Waals surface area contributed by atoms with Gasteiger partial charge in [0.1, 0.15) is 15.6 Å². The van der Waals surface area contributed by atoms with Crippen molar-refractivity contribution in [1.82, 2.24) is 5.32 Å². The van der Waals surface area contributed by atoms with Gasteiger partial charge in [0.15, 0.2) is 6.10 Å². The maximum Gasteiger partial charge on any atom is 0.260 e. The van der Waals surface area contributed by atoms with Gasteiger partial charge in [0.2, 0.25) is 0 Å². The highest BCUT2D eigenvalue weighted by Gasteiger charge is 2.26. The van der Waals surface area contributed by atoms with Crippen LogP contribution in [0.4, 0.5) is 0 Å². The number of benzene rings is 2. The second kappa shape index (κ2) is 7.91. The Labute approximate surface area is 154 Å². The molecule has 2 aromatic carbocycles. The van der Waals surface area contributed by atoms with E-state index in [4.69, 9.17) is 4.74 Å². The highest BCUT2D eigenvalue weighted by atomic mass is 32.2. The van der Waals surface area contributed by atoms with Gasteiger partial charge in [0, 0.05) is 6.04 Å². The molecule has 1 heterocycles. The number of sulfone groups is 1. The van der Waals surface area contributed by atoms with E-state index < -0.39 is 15.9 Å². The molecule has 6 heteroatoms. The maximum atomic E-state index is 12.3. The van der Waals surface area contributed by atoms with Crippen LogP contribution in [0.2, 0.25) is 0 Å². The van der Waals surface area contributed by atoms with Crippen molar-refractivity contribution in [3.05, 3.63) is 54.6 Å². The van der Waals surface area contributed by atoms with E-state index >= 15 is 0 Å². The molecule has 1 atom stereocenters. The number of rotatable bonds is 5. The average Bonchev–Trinajstić information content (AvgIpc) is 2.65. The van der Waals surface area contributed by atoms with Crippen LogP contribution in [-0.4, -0.2) is 38.0 Å². The molecule has 138 valence electrons. The van der Waals surface area contributed by atoms with Crippen LogP contribution in [0.3, 0.4) is 0 Å². The molecule has 1 amide bonds. The molecule has 0 bridgehead atoms. The third-order valence-electron chi connectivity index (χ3n) is 4.54. The summed E-state index contributed by atoms with van der Waals surface area (Å²) in [6.45, 7) is 1.69. The summed E-state index contributed by atoms with van der Waals surface area (Å²) in [6.07, 6.45) is 0.287. The van der Waals surface area contributed by atoms with E-state index in [1.807, 2.05) is 54.6 Å². The first-order chi connectivity index (χ1) is 12.4. The largest absolute Gasteiger partial charge is 0.481 e. The van der Waals surface area contributed by atoms with Crippen LogP contribution in [0.5, 0.6) is 5.75 Å². The van der Waals surface area contributed by atoms with E-state index in [1.54, 1.807) is 6.92 Å². The minimum absolute atomic E-state index is 0.0995. The number of hydrogen-bond acceptors (Lipinski definition) is 4. The van der Waals surface area contributed by atoms with Crippen molar-refractivity contribution in [1.29, 1.82) is 0 Å². The highest BCUT2D eigenvalue weighted by molar-refractivity contribution is 7.91. The molecule has 5 nitrogen and oxygen atoms in total. The first-order valence-corrected chi connectivity index (χ1v) is 10.6. The van der Waals surface area contributed by atoms with E-state index in [1.165, 1.54) is 0 Å². The lowest BCUT2D eigenvalue weighted by Crippen LogP contribution is -2.45. The summed E-state index contributed by atoms with van der Waals surface area (Å²) in [6, 6.07) is 17.5. The summed E-state index contributed by atoms with van der Waals surface area (Å²) in [5.41, 5.74) is 2.20. The molecule has 0 unspecified atom stereocenters. The van der Waals surface area contributed by atoms with Crippen LogP contribution in [0.25, 0.3) is 11.1 Å². The number of nitrogens with one attached hydrogen (secondary N) is 1. The molecule has 1 aliphatic heterocycles. The molecule has 1 saturated heterocycles. The van der Waals surface area contributed by atoms with E-state index in [9.17, 15) is 13.2 Å². The van der Waals surface area contributed by atoms with Gasteiger partial charge in [-0.1, -0.05) is 42.5 Å². The minimum Gasteiger partial charge on any atom is -0.481 e. The smallest absolute Gasteiger partial charge is 0.260 e. The van der Waals surface area contributed by atoms with Crippen molar-refractivity contribution in [3.63, 3.8) is 0 Å². The van der Waals surface area contributed by atoms with Gasteiger partial charge < -0.3 is 10.1 Å². The lowest BCUT2D eigenvalue weighted by atomic mass is 10.1. The molecular weight excluding hydrogens is 350 g/mol. The second-order valence-electron chi connectivity index (χ2n) is 6.59. The maximum absolute atomic E-state index is 12.3. The zero-order chi connectivity index (χ0) is 18.6. The fourth-order valence-corrected chi connectivity index (χ4v) is 4.46. The zero-order valence-corrected chi connectivity index (χ0v) is 15.5. The molecule has 0 aromatic heterocycles.